The minimum absolute atomic E-state index is 0.320. The second-order valence-electron chi connectivity index (χ2n) is 3.83. The number of rotatable bonds is 7. The maximum absolute atomic E-state index is 10.7. The number of carboxylic acid groups (broad SMARTS) is 1. The molecule has 1 atom stereocenters. The van der Waals surface area contributed by atoms with Gasteiger partial charge in [0.05, 0.1) is 6.61 Å². The summed E-state index contributed by atoms with van der Waals surface area (Å²) in [6, 6.07) is 4.95. The van der Waals surface area contributed by atoms with Crippen molar-refractivity contribution in [1.82, 2.24) is 0 Å². The first-order valence-corrected chi connectivity index (χ1v) is 6.36. The van der Waals surface area contributed by atoms with Gasteiger partial charge < -0.3 is 14.9 Å². The summed E-state index contributed by atoms with van der Waals surface area (Å²) in [4.78, 5) is 10.7. The Morgan fingerprint density at radius 1 is 1.50 bits per heavy atom. The van der Waals surface area contributed by atoms with E-state index < -0.39 is 12.1 Å². The van der Waals surface area contributed by atoms with Crippen LogP contribution in [0.15, 0.2) is 18.2 Å². The standard InChI is InChI=1S/C13H17ClO4/c1-2-18-11-8-10(12(15)13(16)17)6-5-9(11)4-3-7-14/h5-6,8,12,15H,2-4,7H2,1H3,(H,16,17). The number of aliphatic carboxylic acids is 1. The number of carbonyl (C=O) groups is 1. The topological polar surface area (TPSA) is 66.8 Å². The SMILES string of the molecule is CCOc1cc(C(O)C(=O)O)ccc1CCCCl. The first kappa shape index (κ1) is 14.8. The van der Waals surface area contributed by atoms with Crippen LogP contribution in [-0.2, 0) is 11.2 Å². The smallest absolute Gasteiger partial charge is 0.337 e. The Hall–Kier alpha value is -1.26. The van der Waals surface area contributed by atoms with Crippen LogP contribution in [0.2, 0.25) is 0 Å². The van der Waals surface area contributed by atoms with E-state index >= 15 is 0 Å². The van der Waals surface area contributed by atoms with Crippen LogP contribution >= 0.6 is 11.6 Å². The summed E-state index contributed by atoms with van der Waals surface area (Å²) in [5, 5.41) is 18.2. The minimum Gasteiger partial charge on any atom is -0.494 e. The van der Waals surface area contributed by atoms with Gasteiger partial charge in [0.2, 0.25) is 0 Å². The molecule has 18 heavy (non-hydrogen) atoms. The summed E-state index contributed by atoms with van der Waals surface area (Å²) in [6.07, 6.45) is 0.0661. The predicted octanol–water partition coefficient (Wildman–Crippen LogP) is 2.37. The van der Waals surface area contributed by atoms with Crippen LogP contribution in [0, 0.1) is 0 Å². The van der Waals surface area contributed by atoms with E-state index in [0.29, 0.717) is 23.8 Å². The molecule has 0 fully saturated rings. The third kappa shape index (κ3) is 3.89. The molecule has 1 unspecified atom stereocenters. The molecule has 2 N–H and O–H groups in total. The predicted molar refractivity (Wildman–Crippen MR) is 69.2 cm³/mol. The Morgan fingerprint density at radius 2 is 2.22 bits per heavy atom. The quantitative estimate of drug-likeness (QED) is 0.748. The molecule has 0 spiro atoms. The van der Waals surface area contributed by atoms with Crippen molar-refractivity contribution in [3.63, 3.8) is 0 Å². The molecule has 0 radical (unpaired) electrons. The van der Waals surface area contributed by atoms with Gasteiger partial charge in [0, 0.05) is 5.88 Å². The van der Waals surface area contributed by atoms with Gasteiger partial charge in [-0.15, -0.1) is 11.6 Å². The molecule has 0 saturated carbocycles. The maximum atomic E-state index is 10.7. The van der Waals surface area contributed by atoms with Gasteiger partial charge in [-0.25, -0.2) is 4.79 Å². The number of carboxylic acids is 1. The fraction of sp³-hybridized carbons (Fsp3) is 0.462. The highest BCUT2D eigenvalue weighted by Crippen LogP contribution is 2.25. The number of aliphatic hydroxyl groups is 1. The van der Waals surface area contributed by atoms with Crippen molar-refractivity contribution < 1.29 is 19.7 Å². The number of ether oxygens (including phenoxy) is 1. The van der Waals surface area contributed by atoms with Gasteiger partial charge in [0.15, 0.2) is 6.10 Å². The van der Waals surface area contributed by atoms with Crippen molar-refractivity contribution in [3.8, 4) is 5.75 Å². The molecule has 0 bridgehead atoms. The average molecular weight is 273 g/mol. The Bertz CT molecular complexity index is 406. The third-order valence-electron chi connectivity index (χ3n) is 2.52. The number of alkyl halides is 1. The zero-order chi connectivity index (χ0) is 13.5. The number of benzene rings is 1. The summed E-state index contributed by atoms with van der Waals surface area (Å²) in [6.45, 7) is 2.34. The summed E-state index contributed by atoms with van der Waals surface area (Å²) in [7, 11) is 0. The highest BCUT2D eigenvalue weighted by molar-refractivity contribution is 6.17. The third-order valence-corrected chi connectivity index (χ3v) is 2.79. The Morgan fingerprint density at radius 3 is 2.78 bits per heavy atom. The molecule has 1 rings (SSSR count). The van der Waals surface area contributed by atoms with Crippen LogP contribution in [0.5, 0.6) is 5.75 Å². The second-order valence-corrected chi connectivity index (χ2v) is 4.21. The lowest BCUT2D eigenvalue weighted by molar-refractivity contribution is -0.146. The highest BCUT2D eigenvalue weighted by atomic mass is 35.5. The van der Waals surface area contributed by atoms with Crippen molar-refractivity contribution in [3.05, 3.63) is 29.3 Å². The molecular weight excluding hydrogens is 256 g/mol. The van der Waals surface area contributed by atoms with Crippen LogP contribution in [0.3, 0.4) is 0 Å². The summed E-state index contributed by atoms with van der Waals surface area (Å²) >= 11 is 5.65. The normalized spacial score (nSPS) is 12.2. The number of aryl methyl sites for hydroxylation is 1. The van der Waals surface area contributed by atoms with Gasteiger partial charge in [-0.3, -0.25) is 0 Å². The van der Waals surface area contributed by atoms with E-state index in [-0.39, 0.29) is 0 Å². The molecule has 0 saturated heterocycles. The summed E-state index contributed by atoms with van der Waals surface area (Å²) < 4.78 is 5.46. The van der Waals surface area contributed by atoms with E-state index in [4.69, 9.17) is 21.4 Å². The Kier molecular flexibility index (Phi) is 5.95. The first-order valence-electron chi connectivity index (χ1n) is 5.82. The largest absolute Gasteiger partial charge is 0.494 e. The Labute approximate surface area is 111 Å². The fourth-order valence-electron chi connectivity index (χ4n) is 1.64. The summed E-state index contributed by atoms with van der Waals surface area (Å²) in [5.74, 6) is -0.100. The van der Waals surface area contributed by atoms with Crippen LogP contribution in [0.1, 0.15) is 30.6 Å². The van der Waals surface area contributed by atoms with Crippen molar-refractivity contribution >= 4 is 17.6 Å². The van der Waals surface area contributed by atoms with Gasteiger partial charge in [-0.1, -0.05) is 12.1 Å². The van der Waals surface area contributed by atoms with Gasteiger partial charge in [0.1, 0.15) is 5.75 Å². The van der Waals surface area contributed by atoms with E-state index in [1.165, 1.54) is 0 Å². The molecule has 5 heteroatoms. The zero-order valence-corrected chi connectivity index (χ0v) is 11.0. The molecule has 0 aromatic heterocycles. The van der Waals surface area contributed by atoms with Crippen molar-refractivity contribution in [1.29, 1.82) is 0 Å². The van der Waals surface area contributed by atoms with Gasteiger partial charge >= 0.3 is 5.97 Å². The molecule has 100 valence electrons. The van der Waals surface area contributed by atoms with Gasteiger partial charge in [0.25, 0.3) is 0 Å². The molecular formula is C13H17ClO4. The second kappa shape index (κ2) is 7.24. The van der Waals surface area contributed by atoms with E-state index in [9.17, 15) is 9.90 Å². The maximum Gasteiger partial charge on any atom is 0.337 e. The average Bonchev–Trinajstić information content (AvgIpc) is 2.36. The fourth-order valence-corrected chi connectivity index (χ4v) is 1.77. The molecule has 0 amide bonds. The van der Waals surface area contributed by atoms with E-state index in [1.807, 2.05) is 6.92 Å². The first-order chi connectivity index (χ1) is 8.60. The van der Waals surface area contributed by atoms with Crippen molar-refractivity contribution in [2.24, 2.45) is 0 Å². The zero-order valence-electron chi connectivity index (χ0n) is 10.2. The lowest BCUT2D eigenvalue weighted by Gasteiger charge is -2.13. The van der Waals surface area contributed by atoms with E-state index in [0.717, 1.165) is 18.4 Å². The van der Waals surface area contributed by atoms with Gasteiger partial charge in [-0.2, -0.15) is 0 Å². The van der Waals surface area contributed by atoms with E-state index in [1.54, 1.807) is 18.2 Å². The van der Waals surface area contributed by atoms with Crippen LogP contribution in [0.4, 0.5) is 0 Å². The molecule has 4 nitrogen and oxygen atoms in total. The number of aliphatic hydroxyl groups excluding tert-OH is 1. The number of hydrogen-bond acceptors (Lipinski definition) is 3. The molecule has 0 heterocycles. The lowest BCUT2D eigenvalue weighted by Crippen LogP contribution is -2.11. The van der Waals surface area contributed by atoms with Crippen molar-refractivity contribution in [2.75, 3.05) is 12.5 Å². The molecule has 1 aromatic carbocycles. The molecule has 0 aliphatic rings. The number of hydrogen-bond donors (Lipinski definition) is 2. The molecule has 0 aliphatic carbocycles. The van der Waals surface area contributed by atoms with Gasteiger partial charge in [-0.05, 0) is 37.0 Å². The molecule has 0 aliphatic heterocycles. The highest BCUT2D eigenvalue weighted by Gasteiger charge is 2.17. The van der Waals surface area contributed by atoms with Crippen LogP contribution < -0.4 is 4.74 Å². The summed E-state index contributed by atoms with van der Waals surface area (Å²) in [5.41, 5.74) is 1.29. The van der Waals surface area contributed by atoms with E-state index in [2.05, 4.69) is 0 Å². The van der Waals surface area contributed by atoms with Crippen molar-refractivity contribution in [2.45, 2.75) is 25.9 Å². The lowest BCUT2D eigenvalue weighted by atomic mass is 10.0. The Balaban J connectivity index is 2.98. The minimum atomic E-state index is -1.52. The monoisotopic (exact) mass is 272 g/mol. The van der Waals surface area contributed by atoms with Crippen LogP contribution in [0.25, 0.3) is 0 Å². The molecule has 1 aromatic rings. The van der Waals surface area contributed by atoms with Crippen LogP contribution in [-0.4, -0.2) is 28.7 Å². The number of halogens is 1.